The van der Waals surface area contributed by atoms with Gasteiger partial charge < -0.3 is 15.0 Å². The number of amides is 1. The molecule has 4 heteroatoms. The highest BCUT2D eigenvalue weighted by Gasteiger charge is 2.30. The summed E-state index contributed by atoms with van der Waals surface area (Å²) < 4.78 is 5.59. The van der Waals surface area contributed by atoms with Crippen LogP contribution in [0.1, 0.15) is 86.0 Å². The van der Waals surface area contributed by atoms with Crippen LogP contribution in [0.25, 0.3) is 0 Å². The predicted octanol–water partition coefficient (Wildman–Crippen LogP) is 4.72. The summed E-state index contributed by atoms with van der Waals surface area (Å²) in [6.07, 6.45) is 9.42. The van der Waals surface area contributed by atoms with Crippen LogP contribution in [-0.4, -0.2) is 41.8 Å². The van der Waals surface area contributed by atoms with Crippen molar-refractivity contribution in [3.8, 4) is 0 Å². The maximum Gasteiger partial charge on any atom is 0.410 e. The molecule has 0 aromatic heterocycles. The summed E-state index contributed by atoms with van der Waals surface area (Å²) in [5.74, 6) is 0. The molecule has 0 bridgehead atoms. The van der Waals surface area contributed by atoms with Crippen LogP contribution < -0.4 is 5.32 Å². The van der Waals surface area contributed by atoms with Crippen molar-refractivity contribution in [1.82, 2.24) is 10.2 Å². The number of carbonyl (C=O) groups excluding carboxylic acids is 1. The molecule has 0 saturated carbocycles. The fourth-order valence-electron chi connectivity index (χ4n) is 3.22. The number of rotatable bonds is 8. The first kappa shape index (κ1) is 20.3. The number of piperidine rings is 1. The molecule has 1 heterocycles. The van der Waals surface area contributed by atoms with Crippen molar-refractivity contribution in [3.63, 3.8) is 0 Å². The molecule has 0 aromatic rings. The van der Waals surface area contributed by atoms with Crippen LogP contribution in [0.5, 0.6) is 0 Å². The number of ether oxygens (including phenoxy) is 1. The largest absolute Gasteiger partial charge is 0.444 e. The van der Waals surface area contributed by atoms with E-state index in [0.29, 0.717) is 6.04 Å². The molecule has 136 valence electrons. The Morgan fingerprint density at radius 1 is 1.22 bits per heavy atom. The molecule has 1 fully saturated rings. The summed E-state index contributed by atoms with van der Waals surface area (Å²) in [7, 11) is 0. The fraction of sp³-hybridized carbons (Fsp3) is 0.947. The summed E-state index contributed by atoms with van der Waals surface area (Å²) >= 11 is 0. The second kappa shape index (κ2) is 10.2. The maximum absolute atomic E-state index is 12.4. The molecule has 1 aliphatic rings. The van der Waals surface area contributed by atoms with Gasteiger partial charge in [-0.3, -0.25) is 0 Å². The minimum atomic E-state index is -0.418. The Labute approximate surface area is 143 Å². The zero-order valence-corrected chi connectivity index (χ0v) is 16.0. The quantitative estimate of drug-likeness (QED) is 0.701. The normalized spacial score (nSPS) is 20.4. The van der Waals surface area contributed by atoms with Gasteiger partial charge in [0, 0.05) is 25.2 Å². The molecule has 1 saturated heterocycles. The van der Waals surface area contributed by atoms with Crippen molar-refractivity contribution in [3.05, 3.63) is 0 Å². The molecular formula is C19H38N2O2. The van der Waals surface area contributed by atoms with Gasteiger partial charge in [-0.15, -0.1) is 0 Å². The number of nitrogens with one attached hydrogen (secondary N) is 1. The Balaban J connectivity index is 2.54. The topological polar surface area (TPSA) is 41.6 Å². The van der Waals surface area contributed by atoms with Crippen LogP contribution in [0.3, 0.4) is 0 Å². The lowest BCUT2D eigenvalue weighted by atomic mass is 10.0. The fourth-order valence-corrected chi connectivity index (χ4v) is 3.22. The van der Waals surface area contributed by atoms with Gasteiger partial charge >= 0.3 is 6.09 Å². The highest BCUT2D eigenvalue weighted by Crippen LogP contribution is 2.20. The Morgan fingerprint density at radius 3 is 2.57 bits per heavy atom. The monoisotopic (exact) mass is 326 g/mol. The minimum absolute atomic E-state index is 0.149. The van der Waals surface area contributed by atoms with Crippen LogP contribution in [0.15, 0.2) is 0 Å². The smallest absolute Gasteiger partial charge is 0.410 e. The van der Waals surface area contributed by atoms with Gasteiger partial charge in [-0.1, -0.05) is 33.1 Å². The third kappa shape index (κ3) is 8.05. The molecule has 0 aromatic carbocycles. The first-order valence-electron chi connectivity index (χ1n) is 9.60. The highest BCUT2D eigenvalue weighted by atomic mass is 16.6. The van der Waals surface area contributed by atoms with Gasteiger partial charge in [0.05, 0.1) is 0 Å². The molecule has 1 N–H and O–H groups in total. The molecule has 23 heavy (non-hydrogen) atoms. The zero-order chi connectivity index (χ0) is 17.3. The number of carbonyl (C=O) groups is 1. The third-order valence-corrected chi connectivity index (χ3v) is 4.44. The van der Waals surface area contributed by atoms with Gasteiger partial charge in [0.25, 0.3) is 0 Å². The number of likely N-dealkylation sites (tertiary alicyclic amines) is 1. The first-order chi connectivity index (χ1) is 10.9. The van der Waals surface area contributed by atoms with E-state index in [9.17, 15) is 4.79 Å². The van der Waals surface area contributed by atoms with Gasteiger partial charge in [0.15, 0.2) is 0 Å². The summed E-state index contributed by atoms with van der Waals surface area (Å²) in [5, 5.41) is 3.72. The average molecular weight is 327 g/mol. The average Bonchev–Trinajstić information content (AvgIpc) is 2.48. The third-order valence-electron chi connectivity index (χ3n) is 4.44. The van der Waals surface area contributed by atoms with E-state index in [0.717, 1.165) is 25.9 Å². The van der Waals surface area contributed by atoms with E-state index in [1.807, 2.05) is 25.7 Å². The Kier molecular flexibility index (Phi) is 8.96. The first-order valence-corrected chi connectivity index (χ1v) is 9.60. The van der Waals surface area contributed by atoms with E-state index in [2.05, 4.69) is 19.2 Å². The molecule has 4 nitrogen and oxygen atoms in total. The molecule has 1 rings (SSSR count). The van der Waals surface area contributed by atoms with Gasteiger partial charge in [0.2, 0.25) is 0 Å². The van der Waals surface area contributed by atoms with Crippen LogP contribution in [0, 0.1) is 0 Å². The Morgan fingerprint density at radius 2 is 1.96 bits per heavy atom. The SMILES string of the molecule is CCCCC(CCC)NCC1CCCCN1C(=O)OC(C)(C)C. The van der Waals surface area contributed by atoms with Crippen LogP contribution >= 0.6 is 0 Å². The maximum atomic E-state index is 12.4. The standard InChI is InChI=1S/C19H38N2O2/c1-6-8-12-16(11-7-2)20-15-17-13-9-10-14-21(17)18(22)23-19(3,4)5/h16-17,20H,6-15H2,1-5H3. The molecule has 1 aliphatic heterocycles. The van der Waals surface area contributed by atoms with Crippen molar-refractivity contribution in [1.29, 1.82) is 0 Å². The van der Waals surface area contributed by atoms with Gasteiger partial charge in [-0.25, -0.2) is 4.79 Å². The van der Waals surface area contributed by atoms with Crippen LogP contribution in [0.4, 0.5) is 4.79 Å². The van der Waals surface area contributed by atoms with Gasteiger partial charge in [-0.2, -0.15) is 0 Å². The van der Waals surface area contributed by atoms with Crippen molar-refractivity contribution < 1.29 is 9.53 Å². The van der Waals surface area contributed by atoms with Crippen LogP contribution in [-0.2, 0) is 4.74 Å². The molecule has 1 amide bonds. The number of hydrogen-bond donors (Lipinski definition) is 1. The number of unbranched alkanes of at least 4 members (excludes halogenated alkanes) is 1. The predicted molar refractivity (Wildman–Crippen MR) is 96.8 cm³/mol. The summed E-state index contributed by atoms with van der Waals surface area (Å²) in [4.78, 5) is 14.4. The van der Waals surface area contributed by atoms with Crippen molar-refractivity contribution >= 4 is 6.09 Å². The molecule has 0 aliphatic carbocycles. The molecule has 2 atom stereocenters. The second-order valence-corrected chi connectivity index (χ2v) is 7.86. The van der Waals surface area contributed by atoms with E-state index >= 15 is 0 Å². The van der Waals surface area contributed by atoms with Crippen molar-refractivity contribution in [2.45, 2.75) is 104 Å². The lowest BCUT2D eigenvalue weighted by molar-refractivity contribution is 0.00958. The zero-order valence-electron chi connectivity index (χ0n) is 16.0. The summed E-state index contributed by atoms with van der Waals surface area (Å²) in [6, 6.07) is 0.863. The van der Waals surface area contributed by atoms with E-state index < -0.39 is 5.60 Å². The minimum Gasteiger partial charge on any atom is -0.444 e. The van der Waals surface area contributed by atoms with Gasteiger partial charge in [0.1, 0.15) is 5.60 Å². The highest BCUT2D eigenvalue weighted by molar-refractivity contribution is 5.68. The number of hydrogen-bond acceptors (Lipinski definition) is 3. The van der Waals surface area contributed by atoms with E-state index in [1.165, 1.54) is 38.5 Å². The number of nitrogens with zero attached hydrogens (tertiary/aromatic N) is 1. The van der Waals surface area contributed by atoms with Gasteiger partial charge in [-0.05, 0) is 52.9 Å². The summed E-state index contributed by atoms with van der Waals surface area (Å²) in [6.45, 7) is 12.0. The second-order valence-electron chi connectivity index (χ2n) is 7.86. The molecule has 0 spiro atoms. The van der Waals surface area contributed by atoms with Crippen LogP contribution in [0.2, 0.25) is 0 Å². The van der Waals surface area contributed by atoms with Crippen molar-refractivity contribution in [2.75, 3.05) is 13.1 Å². The molecule has 2 unspecified atom stereocenters. The summed E-state index contributed by atoms with van der Waals surface area (Å²) in [5.41, 5.74) is -0.418. The Hall–Kier alpha value is -0.770. The van der Waals surface area contributed by atoms with E-state index in [4.69, 9.17) is 4.74 Å². The molecular weight excluding hydrogens is 288 g/mol. The Bertz CT molecular complexity index is 339. The van der Waals surface area contributed by atoms with E-state index in [-0.39, 0.29) is 12.1 Å². The van der Waals surface area contributed by atoms with Crippen molar-refractivity contribution in [2.24, 2.45) is 0 Å². The lowest BCUT2D eigenvalue weighted by Gasteiger charge is -2.37. The lowest BCUT2D eigenvalue weighted by Crippen LogP contribution is -2.51. The van der Waals surface area contributed by atoms with E-state index in [1.54, 1.807) is 0 Å². The molecule has 0 radical (unpaired) electrons.